The number of aromatic amines is 1. The second-order valence-corrected chi connectivity index (χ2v) is 7.91. The van der Waals surface area contributed by atoms with Crippen molar-refractivity contribution in [2.75, 3.05) is 18.0 Å². The highest BCUT2D eigenvalue weighted by molar-refractivity contribution is 6.31. The number of alkyl halides is 4. The maximum atomic E-state index is 14.3. The van der Waals surface area contributed by atoms with Crippen molar-refractivity contribution in [1.82, 2.24) is 25.3 Å². The van der Waals surface area contributed by atoms with Crippen LogP contribution in [-0.4, -0.2) is 56.8 Å². The standard InChI is InChI=1S/C19H17ClF4N6O/c1-18(17(31)28-9-19(22,23)24)5-11(21)8-30(18)14-2-3-25-16(29-14)13-7-27-15-12(13)4-10(20)6-26-15/h2-4,6-7,11H,5,8-9H2,1H3,(H,26,27)(H,28,31)/t11-,18+/m0/s1. The van der Waals surface area contributed by atoms with Gasteiger partial charge in [0.25, 0.3) is 0 Å². The van der Waals surface area contributed by atoms with E-state index in [1.807, 2.05) is 5.32 Å². The number of H-pyrrole nitrogens is 1. The monoisotopic (exact) mass is 456 g/mol. The van der Waals surface area contributed by atoms with Gasteiger partial charge in [0.05, 0.1) is 11.6 Å². The number of rotatable bonds is 4. The SMILES string of the molecule is C[C@]1(C(=O)NCC(F)(F)F)C[C@H](F)CN1c1ccnc(-c2c[nH]c3ncc(Cl)cc23)n1. The summed E-state index contributed by atoms with van der Waals surface area (Å²) in [5.74, 6) is -0.430. The molecule has 1 saturated heterocycles. The number of aromatic nitrogens is 4. The Morgan fingerprint density at radius 1 is 1.42 bits per heavy atom. The van der Waals surface area contributed by atoms with Crippen LogP contribution in [0.25, 0.3) is 22.4 Å². The average molecular weight is 457 g/mol. The molecule has 1 aliphatic heterocycles. The fraction of sp³-hybridized carbons (Fsp3) is 0.368. The molecule has 7 nitrogen and oxygen atoms in total. The van der Waals surface area contributed by atoms with Gasteiger partial charge in [-0.25, -0.2) is 19.3 Å². The topological polar surface area (TPSA) is 86.8 Å². The second-order valence-electron chi connectivity index (χ2n) is 7.47. The summed E-state index contributed by atoms with van der Waals surface area (Å²) in [7, 11) is 0. The van der Waals surface area contributed by atoms with Crippen LogP contribution in [0.15, 0.2) is 30.7 Å². The number of carbonyl (C=O) groups is 1. The van der Waals surface area contributed by atoms with Crippen LogP contribution in [0.4, 0.5) is 23.4 Å². The smallest absolute Gasteiger partial charge is 0.345 e. The third-order valence-electron chi connectivity index (χ3n) is 5.19. The van der Waals surface area contributed by atoms with Crippen molar-refractivity contribution in [3.8, 4) is 11.4 Å². The number of hydrogen-bond donors (Lipinski definition) is 2. The lowest BCUT2D eigenvalue weighted by Gasteiger charge is -2.34. The minimum atomic E-state index is -4.57. The van der Waals surface area contributed by atoms with Crippen LogP contribution in [0.5, 0.6) is 0 Å². The molecular formula is C19H17ClF4N6O. The minimum Gasteiger partial charge on any atom is -0.345 e. The van der Waals surface area contributed by atoms with E-state index >= 15 is 0 Å². The number of pyridine rings is 1. The Balaban J connectivity index is 1.68. The van der Waals surface area contributed by atoms with Crippen molar-refractivity contribution in [3.63, 3.8) is 0 Å². The van der Waals surface area contributed by atoms with E-state index < -0.39 is 30.3 Å². The number of fused-ring (bicyclic) bond motifs is 1. The largest absolute Gasteiger partial charge is 0.405 e. The number of anilines is 1. The first-order valence-electron chi connectivity index (χ1n) is 9.30. The molecule has 164 valence electrons. The van der Waals surface area contributed by atoms with Crippen molar-refractivity contribution >= 4 is 34.4 Å². The van der Waals surface area contributed by atoms with Gasteiger partial charge in [-0.1, -0.05) is 11.6 Å². The molecule has 31 heavy (non-hydrogen) atoms. The Hall–Kier alpha value is -2.95. The number of nitrogens with one attached hydrogen (secondary N) is 2. The number of halogens is 5. The van der Waals surface area contributed by atoms with Gasteiger partial charge in [0.1, 0.15) is 29.7 Å². The Bertz CT molecular complexity index is 1140. The molecule has 3 aromatic rings. The number of nitrogens with zero attached hydrogens (tertiary/aromatic N) is 4. The first-order valence-corrected chi connectivity index (χ1v) is 9.67. The lowest BCUT2D eigenvalue weighted by atomic mass is 9.97. The van der Waals surface area contributed by atoms with Gasteiger partial charge in [-0.05, 0) is 19.1 Å². The molecule has 0 saturated carbocycles. The van der Waals surface area contributed by atoms with Crippen LogP contribution in [-0.2, 0) is 4.79 Å². The van der Waals surface area contributed by atoms with Crippen molar-refractivity contribution < 1.29 is 22.4 Å². The summed E-state index contributed by atoms with van der Waals surface area (Å²) in [5, 5.41) is 2.94. The van der Waals surface area contributed by atoms with Crippen LogP contribution < -0.4 is 10.2 Å². The third-order valence-corrected chi connectivity index (χ3v) is 5.40. The molecule has 2 N–H and O–H groups in total. The zero-order chi connectivity index (χ0) is 22.4. The van der Waals surface area contributed by atoms with Gasteiger partial charge < -0.3 is 15.2 Å². The predicted molar refractivity (Wildman–Crippen MR) is 106 cm³/mol. The quantitative estimate of drug-likeness (QED) is 0.585. The minimum absolute atomic E-state index is 0.187. The van der Waals surface area contributed by atoms with E-state index in [2.05, 4.69) is 19.9 Å². The highest BCUT2D eigenvalue weighted by Crippen LogP contribution is 2.36. The highest BCUT2D eigenvalue weighted by Gasteiger charge is 2.49. The number of carbonyl (C=O) groups excluding carboxylic acids is 1. The third kappa shape index (κ3) is 4.14. The summed E-state index contributed by atoms with van der Waals surface area (Å²) in [6.07, 6.45) is -1.67. The second kappa shape index (κ2) is 7.63. The molecule has 4 heterocycles. The molecule has 0 bridgehead atoms. The summed E-state index contributed by atoms with van der Waals surface area (Å²) in [6, 6.07) is 3.17. The summed E-state index contributed by atoms with van der Waals surface area (Å²) >= 11 is 6.03. The molecule has 0 spiro atoms. The van der Waals surface area contributed by atoms with E-state index in [0.717, 1.165) is 0 Å². The van der Waals surface area contributed by atoms with Gasteiger partial charge in [-0.15, -0.1) is 0 Å². The van der Waals surface area contributed by atoms with Gasteiger partial charge in [-0.2, -0.15) is 13.2 Å². The highest BCUT2D eigenvalue weighted by atomic mass is 35.5. The Labute approximate surface area is 178 Å². The Morgan fingerprint density at radius 3 is 2.94 bits per heavy atom. The van der Waals surface area contributed by atoms with E-state index in [0.29, 0.717) is 21.6 Å². The predicted octanol–water partition coefficient (Wildman–Crippen LogP) is 3.66. The molecule has 0 unspecified atom stereocenters. The summed E-state index contributed by atoms with van der Waals surface area (Å²) in [6.45, 7) is -0.284. The maximum absolute atomic E-state index is 14.3. The molecule has 0 radical (unpaired) electrons. The summed E-state index contributed by atoms with van der Waals surface area (Å²) in [4.78, 5) is 29.8. The fourth-order valence-electron chi connectivity index (χ4n) is 3.73. The lowest BCUT2D eigenvalue weighted by Crippen LogP contribution is -2.55. The first kappa shape index (κ1) is 21.3. The molecule has 1 fully saturated rings. The van der Waals surface area contributed by atoms with Crippen LogP contribution in [0.1, 0.15) is 13.3 Å². The normalized spacial score (nSPS) is 21.6. The molecule has 3 aromatic heterocycles. The van der Waals surface area contributed by atoms with E-state index in [1.165, 1.54) is 30.3 Å². The van der Waals surface area contributed by atoms with Gasteiger partial charge in [-0.3, -0.25) is 4.79 Å². The van der Waals surface area contributed by atoms with Crippen LogP contribution in [0.2, 0.25) is 5.02 Å². The summed E-state index contributed by atoms with van der Waals surface area (Å²) < 4.78 is 52.0. The Morgan fingerprint density at radius 2 is 2.19 bits per heavy atom. The van der Waals surface area contributed by atoms with Crippen molar-refractivity contribution in [2.45, 2.75) is 31.2 Å². The van der Waals surface area contributed by atoms with Crippen molar-refractivity contribution in [3.05, 3.63) is 35.7 Å². The number of amides is 1. The molecule has 0 aromatic carbocycles. The summed E-state index contributed by atoms with van der Waals surface area (Å²) in [5.41, 5.74) is -0.387. The molecule has 12 heteroatoms. The van der Waals surface area contributed by atoms with Crippen LogP contribution >= 0.6 is 11.6 Å². The molecule has 0 aliphatic carbocycles. The maximum Gasteiger partial charge on any atom is 0.405 e. The van der Waals surface area contributed by atoms with E-state index in [1.54, 1.807) is 12.3 Å². The van der Waals surface area contributed by atoms with Crippen LogP contribution in [0.3, 0.4) is 0 Å². The molecular weight excluding hydrogens is 440 g/mol. The lowest BCUT2D eigenvalue weighted by molar-refractivity contribution is -0.141. The average Bonchev–Trinajstić information content (AvgIpc) is 3.26. The van der Waals surface area contributed by atoms with E-state index in [4.69, 9.17) is 11.6 Å². The molecule has 2 atom stereocenters. The van der Waals surface area contributed by atoms with E-state index in [9.17, 15) is 22.4 Å². The van der Waals surface area contributed by atoms with Crippen molar-refractivity contribution in [1.29, 1.82) is 0 Å². The molecule has 1 aliphatic rings. The molecule has 4 rings (SSSR count). The zero-order valence-corrected chi connectivity index (χ0v) is 16.9. The molecule has 1 amide bonds. The van der Waals surface area contributed by atoms with Crippen molar-refractivity contribution in [2.24, 2.45) is 0 Å². The van der Waals surface area contributed by atoms with Crippen LogP contribution in [0, 0.1) is 0 Å². The Kier molecular flexibility index (Phi) is 5.24. The first-order chi connectivity index (χ1) is 14.6. The zero-order valence-electron chi connectivity index (χ0n) is 16.2. The van der Waals surface area contributed by atoms with E-state index in [-0.39, 0.29) is 24.6 Å². The number of hydrogen-bond acceptors (Lipinski definition) is 5. The van der Waals surface area contributed by atoms with Gasteiger partial charge >= 0.3 is 6.18 Å². The fourth-order valence-corrected chi connectivity index (χ4v) is 3.89. The van der Waals surface area contributed by atoms with Gasteiger partial charge in [0.2, 0.25) is 5.91 Å². The van der Waals surface area contributed by atoms with Gasteiger partial charge in [0, 0.05) is 36.0 Å². The van der Waals surface area contributed by atoms with Gasteiger partial charge in [0.15, 0.2) is 5.82 Å².